The van der Waals surface area contributed by atoms with Crippen molar-refractivity contribution in [2.24, 2.45) is 4.99 Å². The van der Waals surface area contributed by atoms with Crippen LogP contribution in [0.2, 0.25) is 0 Å². The Balaban J connectivity index is 1.91. The van der Waals surface area contributed by atoms with Gasteiger partial charge in [0.1, 0.15) is 5.75 Å². The number of aliphatic imine (C=N–C) groups is 1. The van der Waals surface area contributed by atoms with Gasteiger partial charge < -0.3 is 9.47 Å². The fourth-order valence-electron chi connectivity index (χ4n) is 2.32. The summed E-state index contributed by atoms with van der Waals surface area (Å²) in [4.78, 5) is 16.6. The molecule has 0 fully saturated rings. The SMILES string of the molecule is CCCOc1c(I)cc(/C=C2\N=C(c3ccc(I)c(Br)c3)OC2=O)cc1I. The Morgan fingerprint density at radius 3 is 2.48 bits per heavy atom. The third-order valence-corrected chi connectivity index (χ3v) is 7.50. The van der Waals surface area contributed by atoms with E-state index in [4.69, 9.17) is 9.47 Å². The van der Waals surface area contributed by atoms with Gasteiger partial charge in [0.15, 0.2) is 5.70 Å². The van der Waals surface area contributed by atoms with Crippen LogP contribution in [0.3, 0.4) is 0 Å². The molecule has 0 unspecified atom stereocenters. The number of halogens is 4. The van der Waals surface area contributed by atoms with Crippen LogP contribution in [0.25, 0.3) is 6.08 Å². The van der Waals surface area contributed by atoms with Gasteiger partial charge in [0.2, 0.25) is 5.90 Å². The molecule has 0 aliphatic carbocycles. The van der Waals surface area contributed by atoms with Crippen molar-refractivity contribution in [2.75, 3.05) is 6.61 Å². The number of esters is 1. The maximum Gasteiger partial charge on any atom is 0.363 e. The van der Waals surface area contributed by atoms with Gasteiger partial charge in [0, 0.05) is 13.6 Å². The normalized spacial score (nSPS) is 15.1. The minimum absolute atomic E-state index is 0.286. The molecule has 3 rings (SSSR count). The van der Waals surface area contributed by atoms with Gasteiger partial charge in [0.05, 0.1) is 13.7 Å². The molecule has 4 nitrogen and oxygen atoms in total. The molecule has 2 aromatic rings. The number of rotatable bonds is 5. The van der Waals surface area contributed by atoms with Crippen LogP contribution in [-0.4, -0.2) is 18.5 Å². The molecule has 27 heavy (non-hydrogen) atoms. The zero-order valence-corrected chi connectivity index (χ0v) is 22.1. The quantitative estimate of drug-likeness (QED) is 0.202. The summed E-state index contributed by atoms with van der Waals surface area (Å²) < 4.78 is 15.2. The Labute approximate surface area is 206 Å². The predicted octanol–water partition coefficient (Wildman–Crippen LogP) is 6.40. The first-order valence-corrected chi connectivity index (χ1v) is 12.0. The van der Waals surface area contributed by atoms with Gasteiger partial charge in [-0.1, -0.05) is 6.92 Å². The van der Waals surface area contributed by atoms with Gasteiger partial charge in [-0.15, -0.1) is 0 Å². The second-order valence-electron chi connectivity index (χ2n) is 5.63. The molecule has 0 atom stereocenters. The van der Waals surface area contributed by atoms with Gasteiger partial charge in [-0.2, -0.15) is 0 Å². The molecule has 0 bridgehead atoms. The van der Waals surface area contributed by atoms with E-state index in [9.17, 15) is 4.79 Å². The number of hydrogen-bond acceptors (Lipinski definition) is 4. The van der Waals surface area contributed by atoms with E-state index >= 15 is 0 Å². The number of nitrogens with zero attached hydrogens (tertiary/aromatic N) is 1. The average molecular weight is 764 g/mol. The first-order chi connectivity index (χ1) is 12.9. The predicted molar refractivity (Wildman–Crippen MR) is 135 cm³/mol. The van der Waals surface area contributed by atoms with E-state index in [1.165, 1.54) is 0 Å². The van der Waals surface area contributed by atoms with E-state index in [1.54, 1.807) is 6.08 Å². The topological polar surface area (TPSA) is 47.9 Å². The highest BCUT2D eigenvalue weighted by atomic mass is 127. The fraction of sp³-hybridized carbons (Fsp3) is 0.158. The van der Waals surface area contributed by atoms with E-state index in [0.717, 1.165) is 38.5 Å². The van der Waals surface area contributed by atoms with Crippen LogP contribution < -0.4 is 4.74 Å². The lowest BCUT2D eigenvalue weighted by atomic mass is 10.2. The molecule has 0 saturated carbocycles. The molecule has 0 saturated heterocycles. The zero-order chi connectivity index (χ0) is 19.6. The maximum absolute atomic E-state index is 12.2. The van der Waals surface area contributed by atoms with E-state index in [1.807, 2.05) is 30.3 Å². The molecule has 0 aromatic heterocycles. The molecule has 2 aromatic carbocycles. The van der Waals surface area contributed by atoms with Crippen molar-refractivity contribution in [1.29, 1.82) is 0 Å². The Hall–Kier alpha value is -0.210. The minimum atomic E-state index is -0.448. The Bertz CT molecular complexity index is 950. The van der Waals surface area contributed by atoms with E-state index in [2.05, 4.69) is 95.6 Å². The second kappa shape index (κ2) is 9.53. The molecule has 1 aliphatic rings. The van der Waals surface area contributed by atoms with Crippen molar-refractivity contribution in [3.63, 3.8) is 0 Å². The summed E-state index contributed by atoms with van der Waals surface area (Å²) in [6, 6.07) is 9.67. The first kappa shape index (κ1) is 21.5. The molecule has 1 aliphatic heterocycles. The van der Waals surface area contributed by atoms with Crippen molar-refractivity contribution >= 4 is 102 Å². The molecule has 0 amide bonds. The minimum Gasteiger partial charge on any atom is -0.491 e. The Morgan fingerprint density at radius 1 is 1.15 bits per heavy atom. The summed E-state index contributed by atoms with van der Waals surface area (Å²) in [7, 11) is 0. The van der Waals surface area contributed by atoms with Crippen molar-refractivity contribution in [3.8, 4) is 5.75 Å². The van der Waals surface area contributed by atoms with Crippen LogP contribution in [0.5, 0.6) is 5.75 Å². The molecule has 140 valence electrons. The lowest BCUT2D eigenvalue weighted by molar-refractivity contribution is -0.129. The summed E-state index contributed by atoms with van der Waals surface area (Å²) in [6.07, 6.45) is 2.70. The van der Waals surface area contributed by atoms with Gasteiger partial charge >= 0.3 is 5.97 Å². The second-order valence-corrected chi connectivity index (χ2v) is 9.97. The van der Waals surface area contributed by atoms with Crippen molar-refractivity contribution in [2.45, 2.75) is 13.3 Å². The highest BCUT2D eigenvalue weighted by Gasteiger charge is 2.24. The van der Waals surface area contributed by atoms with Gasteiger partial charge in [-0.05, 0) is 132 Å². The number of benzene rings is 2. The van der Waals surface area contributed by atoms with Crippen LogP contribution in [0.15, 0.2) is 45.5 Å². The average Bonchev–Trinajstić information content (AvgIpc) is 2.97. The zero-order valence-electron chi connectivity index (χ0n) is 14.1. The van der Waals surface area contributed by atoms with Crippen LogP contribution in [0.1, 0.15) is 24.5 Å². The molecular weight excluding hydrogens is 751 g/mol. The van der Waals surface area contributed by atoms with Crippen molar-refractivity contribution in [3.05, 3.63) is 62.3 Å². The van der Waals surface area contributed by atoms with Gasteiger partial charge in [0.25, 0.3) is 0 Å². The monoisotopic (exact) mass is 763 g/mol. The summed E-state index contributed by atoms with van der Waals surface area (Å²) in [5.74, 6) is 0.744. The van der Waals surface area contributed by atoms with Crippen LogP contribution in [-0.2, 0) is 9.53 Å². The van der Waals surface area contributed by atoms with Crippen molar-refractivity contribution < 1.29 is 14.3 Å². The Morgan fingerprint density at radius 2 is 1.85 bits per heavy atom. The lowest BCUT2D eigenvalue weighted by Crippen LogP contribution is -2.05. The van der Waals surface area contributed by atoms with Gasteiger partial charge in [-0.25, -0.2) is 9.79 Å². The number of hydrogen-bond donors (Lipinski definition) is 0. The van der Waals surface area contributed by atoms with Crippen LogP contribution >= 0.6 is 83.7 Å². The molecule has 0 N–H and O–H groups in total. The van der Waals surface area contributed by atoms with E-state index in [0.29, 0.717) is 12.5 Å². The first-order valence-electron chi connectivity index (χ1n) is 7.99. The number of carbonyl (C=O) groups excluding carboxylic acids is 1. The van der Waals surface area contributed by atoms with E-state index < -0.39 is 5.97 Å². The largest absolute Gasteiger partial charge is 0.491 e. The summed E-state index contributed by atoms with van der Waals surface area (Å²) in [5.41, 5.74) is 1.92. The number of carbonyl (C=O) groups is 1. The third-order valence-electron chi connectivity index (χ3n) is 3.56. The van der Waals surface area contributed by atoms with E-state index in [-0.39, 0.29) is 5.70 Å². The summed E-state index contributed by atoms with van der Waals surface area (Å²) >= 11 is 10.2. The number of cyclic esters (lactones) is 1. The summed E-state index contributed by atoms with van der Waals surface area (Å²) in [6.45, 7) is 2.75. The third kappa shape index (κ3) is 5.24. The number of ether oxygens (including phenoxy) is 2. The molecule has 8 heteroatoms. The van der Waals surface area contributed by atoms with Gasteiger partial charge in [-0.3, -0.25) is 0 Å². The van der Waals surface area contributed by atoms with Crippen LogP contribution in [0.4, 0.5) is 0 Å². The Kier molecular flexibility index (Phi) is 7.58. The maximum atomic E-state index is 12.2. The standard InChI is InChI=1S/C19H13BrI3NO3/c1-2-5-26-17-14(22)6-10(7-15(17)23)8-16-19(25)27-18(24-16)11-3-4-13(21)12(20)9-11/h3-4,6-9H,2,5H2,1H3/b16-8-. The van der Waals surface area contributed by atoms with Crippen molar-refractivity contribution in [1.82, 2.24) is 0 Å². The molecular formula is C19H13BrI3NO3. The highest BCUT2D eigenvalue weighted by molar-refractivity contribution is 14.1. The highest BCUT2D eigenvalue weighted by Crippen LogP contribution is 2.31. The molecule has 0 radical (unpaired) electrons. The fourth-order valence-corrected chi connectivity index (χ4v) is 5.17. The smallest absolute Gasteiger partial charge is 0.363 e. The summed E-state index contributed by atoms with van der Waals surface area (Å²) in [5, 5.41) is 0. The molecule has 0 spiro atoms. The van der Waals surface area contributed by atoms with Crippen LogP contribution in [0, 0.1) is 10.7 Å². The lowest BCUT2D eigenvalue weighted by Gasteiger charge is -2.10. The molecule has 1 heterocycles.